The number of hydrogen-bond donors (Lipinski definition) is 0. The Labute approximate surface area is 367 Å². The summed E-state index contributed by atoms with van der Waals surface area (Å²) in [5.74, 6) is 1.94. The van der Waals surface area contributed by atoms with Crippen LogP contribution in [0.2, 0.25) is 0 Å². The zero-order chi connectivity index (χ0) is 42.5. The molecule has 0 atom stereocenters. The minimum atomic E-state index is 0.0983. The van der Waals surface area contributed by atoms with Gasteiger partial charge in [-0.15, -0.1) is 0 Å². The van der Waals surface area contributed by atoms with Gasteiger partial charge in [0.1, 0.15) is 0 Å². The first kappa shape index (κ1) is 37.3. The predicted octanol–water partition coefficient (Wildman–Crippen LogP) is 15.4. The lowest BCUT2D eigenvalue weighted by atomic mass is 9.63. The summed E-state index contributed by atoms with van der Waals surface area (Å²) in [6.45, 7) is 9.68. The van der Waals surface area contributed by atoms with E-state index < -0.39 is 0 Å². The minimum Gasteiger partial charge on any atom is -0.309 e. The molecule has 4 nitrogen and oxygen atoms in total. The maximum absolute atomic E-state index is 5.14. The van der Waals surface area contributed by atoms with Crippen LogP contribution in [0.1, 0.15) is 51.7 Å². The van der Waals surface area contributed by atoms with Gasteiger partial charge in [-0.3, -0.25) is 0 Å². The highest BCUT2D eigenvalue weighted by Crippen LogP contribution is 2.49. The summed E-state index contributed by atoms with van der Waals surface area (Å²) in [4.78, 5) is 15.3. The Morgan fingerprint density at radius 1 is 0.365 bits per heavy atom. The van der Waals surface area contributed by atoms with Crippen LogP contribution in [0.4, 0.5) is 0 Å². The summed E-state index contributed by atoms with van der Waals surface area (Å²) in [5.41, 5.74) is 12.0. The van der Waals surface area contributed by atoms with E-state index in [1.165, 1.54) is 72.9 Å². The third-order valence-electron chi connectivity index (χ3n) is 13.9. The normalized spacial score (nSPS) is 14.5. The van der Waals surface area contributed by atoms with Crippen LogP contribution in [0, 0.1) is 0 Å². The van der Waals surface area contributed by atoms with Crippen molar-refractivity contribution in [3.8, 4) is 51.0 Å². The van der Waals surface area contributed by atoms with Gasteiger partial charge in [0.05, 0.1) is 11.0 Å². The number of fused-ring (bicyclic) bond motifs is 7. The first-order valence-corrected chi connectivity index (χ1v) is 22.1. The Balaban J connectivity index is 0.978. The van der Waals surface area contributed by atoms with Crippen LogP contribution in [-0.4, -0.2) is 19.5 Å². The van der Waals surface area contributed by atoms with Crippen molar-refractivity contribution in [3.05, 3.63) is 193 Å². The SMILES string of the molecule is CC1(C)CCC(C)(C)c2cc3c(cc21)c1cc2ccccc2cc1n3-c1ccc2cc(-c3nc(-c4ccccc4)nc(-c4ccc(-c5cccc6ccccc56)cc4)n3)ccc2c1. The Bertz CT molecular complexity index is 3610. The van der Waals surface area contributed by atoms with E-state index in [9.17, 15) is 0 Å². The molecule has 12 rings (SSSR count). The lowest BCUT2D eigenvalue weighted by Gasteiger charge is -2.42. The van der Waals surface area contributed by atoms with Crippen LogP contribution >= 0.6 is 0 Å². The van der Waals surface area contributed by atoms with Crippen molar-refractivity contribution in [2.24, 2.45) is 0 Å². The first-order chi connectivity index (χ1) is 30.7. The van der Waals surface area contributed by atoms with Gasteiger partial charge in [-0.1, -0.05) is 167 Å². The van der Waals surface area contributed by atoms with E-state index in [-0.39, 0.29) is 10.8 Å². The summed E-state index contributed by atoms with van der Waals surface area (Å²) in [5, 5.41) is 9.88. The molecule has 0 saturated heterocycles. The molecule has 1 aliphatic carbocycles. The molecule has 0 radical (unpaired) electrons. The molecule has 0 bridgehead atoms. The zero-order valence-corrected chi connectivity index (χ0v) is 36.0. The summed E-state index contributed by atoms with van der Waals surface area (Å²) in [6.07, 6.45) is 2.36. The molecule has 63 heavy (non-hydrogen) atoms. The monoisotopic (exact) mass is 810 g/mol. The highest BCUT2D eigenvalue weighted by molar-refractivity contribution is 6.14. The van der Waals surface area contributed by atoms with Crippen molar-refractivity contribution in [1.29, 1.82) is 0 Å². The van der Waals surface area contributed by atoms with E-state index in [4.69, 9.17) is 15.0 Å². The van der Waals surface area contributed by atoms with Gasteiger partial charge in [0.2, 0.25) is 0 Å². The van der Waals surface area contributed by atoms with Gasteiger partial charge < -0.3 is 4.57 Å². The molecular formula is C59H46N4. The molecule has 0 fully saturated rings. The fourth-order valence-corrected chi connectivity index (χ4v) is 10.2. The standard InChI is InChI=1S/C59H46N4/c1-58(2)29-30-59(3,4)52-36-54-50(35-51(52)58)49-33-41-16-8-9-17-42(41)34-53(49)63(54)46-28-27-43-31-45(26-25-44(43)32-46)57-61-55(39-14-6-5-7-15-39)60-56(62-57)40-23-21-38(22-24-40)48-20-12-18-37-13-10-11-19-47(37)48/h5-28,31-36H,29-30H2,1-4H3. The molecule has 1 aliphatic rings. The van der Waals surface area contributed by atoms with Crippen molar-refractivity contribution in [3.63, 3.8) is 0 Å². The summed E-state index contributed by atoms with van der Waals surface area (Å²) in [6, 6.07) is 65.8. The van der Waals surface area contributed by atoms with Gasteiger partial charge in [-0.2, -0.15) is 0 Å². The summed E-state index contributed by atoms with van der Waals surface area (Å²) < 4.78 is 2.50. The van der Waals surface area contributed by atoms with Gasteiger partial charge >= 0.3 is 0 Å². The number of aromatic nitrogens is 4. The van der Waals surface area contributed by atoms with E-state index in [1.807, 2.05) is 18.2 Å². The molecule has 2 aromatic heterocycles. The molecule has 11 aromatic rings. The van der Waals surface area contributed by atoms with E-state index in [1.54, 1.807) is 0 Å². The van der Waals surface area contributed by atoms with Gasteiger partial charge in [0.15, 0.2) is 17.5 Å². The number of benzene rings is 9. The lowest BCUT2D eigenvalue weighted by molar-refractivity contribution is 0.332. The maximum Gasteiger partial charge on any atom is 0.164 e. The molecule has 0 aliphatic heterocycles. The molecule has 0 amide bonds. The molecule has 0 saturated carbocycles. The molecule has 302 valence electrons. The number of hydrogen-bond acceptors (Lipinski definition) is 3. The van der Waals surface area contributed by atoms with Crippen LogP contribution in [0.5, 0.6) is 0 Å². The molecular weight excluding hydrogens is 765 g/mol. The highest BCUT2D eigenvalue weighted by atomic mass is 15.0. The van der Waals surface area contributed by atoms with Crippen LogP contribution in [-0.2, 0) is 10.8 Å². The van der Waals surface area contributed by atoms with E-state index in [2.05, 4.69) is 196 Å². The second-order valence-electron chi connectivity index (χ2n) is 18.8. The number of rotatable bonds is 5. The third kappa shape index (κ3) is 6.23. The molecule has 2 heterocycles. The van der Waals surface area contributed by atoms with Crippen LogP contribution in [0.15, 0.2) is 182 Å². The van der Waals surface area contributed by atoms with E-state index >= 15 is 0 Å². The van der Waals surface area contributed by atoms with Crippen molar-refractivity contribution >= 4 is 54.1 Å². The highest BCUT2D eigenvalue weighted by Gasteiger charge is 2.38. The van der Waals surface area contributed by atoms with E-state index in [0.717, 1.165) is 38.7 Å². The molecule has 4 heteroatoms. The zero-order valence-electron chi connectivity index (χ0n) is 36.0. The Hall–Kier alpha value is -7.43. The van der Waals surface area contributed by atoms with Crippen LogP contribution in [0.25, 0.3) is 105 Å². The van der Waals surface area contributed by atoms with Gasteiger partial charge in [-0.05, 0) is 121 Å². The largest absolute Gasteiger partial charge is 0.309 e. The van der Waals surface area contributed by atoms with Crippen molar-refractivity contribution in [2.45, 2.75) is 51.4 Å². The smallest absolute Gasteiger partial charge is 0.164 e. The average Bonchev–Trinajstić information content (AvgIpc) is 3.63. The predicted molar refractivity (Wildman–Crippen MR) is 264 cm³/mol. The average molecular weight is 811 g/mol. The molecule has 9 aromatic carbocycles. The number of nitrogens with zero attached hydrogens (tertiary/aromatic N) is 4. The van der Waals surface area contributed by atoms with Gasteiger partial charge in [0.25, 0.3) is 0 Å². The summed E-state index contributed by atoms with van der Waals surface area (Å²) in [7, 11) is 0. The third-order valence-corrected chi connectivity index (χ3v) is 13.9. The van der Waals surface area contributed by atoms with E-state index in [0.29, 0.717) is 17.5 Å². The van der Waals surface area contributed by atoms with Gasteiger partial charge in [0, 0.05) is 33.2 Å². The quantitative estimate of drug-likeness (QED) is 0.174. The Kier molecular flexibility index (Phi) is 8.33. The second-order valence-corrected chi connectivity index (χ2v) is 18.8. The topological polar surface area (TPSA) is 43.6 Å². The summed E-state index contributed by atoms with van der Waals surface area (Å²) >= 11 is 0. The van der Waals surface area contributed by atoms with Crippen LogP contribution in [0.3, 0.4) is 0 Å². The Morgan fingerprint density at radius 2 is 0.873 bits per heavy atom. The lowest BCUT2D eigenvalue weighted by Crippen LogP contribution is -2.33. The molecule has 0 spiro atoms. The first-order valence-electron chi connectivity index (χ1n) is 22.1. The second kappa shape index (κ2) is 14.1. The molecule has 0 N–H and O–H groups in total. The molecule has 0 unspecified atom stereocenters. The fraction of sp³-hybridized carbons (Fsp3) is 0.136. The van der Waals surface area contributed by atoms with Crippen molar-refractivity contribution in [2.75, 3.05) is 0 Å². The Morgan fingerprint density at radius 3 is 1.62 bits per heavy atom. The minimum absolute atomic E-state index is 0.0983. The van der Waals surface area contributed by atoms with Crippen LogP contribution < -0.4 is 0 Å². The van der Waals surface area contributed by atoms with Gasteiger partial charge in [-0.25, -0.2) is 15.0 Å². The van der Waals surface area contributed by atoms with Crippen molar-refractivity contribution < 1.29 is 0 Å². The van der Waals surface area contributed by atoms with Crippen molar-refractivity contribution in [1.82, 2.24) is 19.5 Å². The fourth-order valence-electron chi connectivity index (χ4n) is 10.2. The maximum atomic E-state index is 5.14.